The molecule has 0 N–H and O–H groups in total. The summed E-state index contributed by atoms with van der Waals surface area (Å²) in [6.07, 6.45) is 1.14. The second-order valence-electron chi connectivity index (χ2n) is 5.41. The molecule has 2 aromatic carbocycles. The van der Waals surface area contributed by atoms with Crippen LogP contribution in [0.1, 0.15) is 15.9 Å². The highest BCUT2D eigenvalue weighted by Gasteiger charge is 2.28. The van der Waals surface area contributed by atoms with Gasteiger partial charge in [0.25, 0.3) is 0 Å². The molecule has 1 amide bonds. The number of halogens is 1. The van der Waals surface area contributed by atoms with Crippen LogP contribution in [0.4, 0.5) is 4.79 Å². The fraction of sp³-hybridized carbons (Fsp3) is 0.111. The van der Waals surface area contributed by atoms with Crippen molar-refractivity contribution in [3.8, 4) is 11.5 Å². The molecule has 2 aromatic rings. The minimum Gasteiger partial charge on any atom is -0.452 e. The molecule has 122 valence electrons. The number of carbonyl (C=O) groups excluding carboxylic acids is 2. The summed E-state index contributed by atoms with van der Waals surface area (Å²) in [5, 5.41) is 0.617. The third kappa shape index (κ3) is 3.26. The zero-order chi connectivity index (χ0) is 17.3. The zero-order valence-corrected chi connectivity index (χ0v) is 13.8. The lowest BCUT2D eigenvalue weighted by Gasteiger charge is -2.10. The van der Waals surface area contributed by atoms with Crippen LogP contribution in [-0.4, -0.2) is 30.9 Å². The molecule has 1 aliphatic rings. The van der Waals surface area contributed by atoms with Crippen LogP contribution in [0.2, 0.25) is 5.02 Å². The SMILES string of the molecule is CN(C)C(=O)Oc1ccc2c(c1)O/C(=C\c1ccc(Cl)cc1)C2=O. The summed E-state index contributed by atoms with van der Waals surface area (Å²) in [5.74, 6) is 0.672. The molecule has 1 aliphatic heterocycles. The third-order valence-electron chi connectivity index (χ3n) is 3.38. The average Bonchev–Trinajstić information content (AvgIpc) is 2.85. The highest BCUT2D eigenvalue weighted by Crippen LogP contribution is 2.35. The number of benzene rings is 2. The Hall–Kier alpha value is -2.79. The van der Waals surface area contributed by atoms with Gasteiger partial charge in [0.2, 0.25) is 5.78 Å². The number of rotatable bonds is 2. The molecular weight excluding hydrogens is 330 g/mol. The zero-order valence-electron chi connectivity index (χ0n) is 13.1. The lowest BCUT2D eigenvalue weighted by Crippen LogP contribution is -2.25. The molecule has 0 saturated heterocycles. The van der Waals surface area contributed by atoms with E-state index in [0.717, 1.165) is 5.56 Å². The lowest BCUT2D eigenvalue weighted by molar-refractivity contribution is 0.101. The van der Waals surface area contributed by atoms with E-state index >= 15 is 0 Å². The molecule has 1 heterocycles. The predicted octanol–water partition coefficient (Wildman–Crippen LogP) is 4.02. The van der Waals surface area contributed by atoms with Crippen molar-refractivity contribution in [1.82, 2.24) is 4.90 Å². The van der Waals surface area contributed by atoms with Crippen LogP contribution in [0.5, 0.6) is 11.5 Å². The molecule has 0 aromatic heterocycles. The Morgan fingerprint density at radius 3 is 2.54 bits per heavy atom. The van der Waals surface area contributed by atoms with E-state index in [9.17, 15) is 9.59 Å². The van der Waals surface area contributed by atoms with Crippen LogP contribution in [0.15, 0.2) is 48.2 Å². The van der Waals surface area contributed by atoms with E-state index in [1.165, 1.54) is 11.0 Å². The number of ketones is 1. The molecule has 0 spiro atoms. The Morgan fingerprint density at radius 2 is 1.88 bits per heavy atom. The second-order valence-corrected chi connectivity index (χ2v) is 5.85. The number of ether oxygens (including phenoxy) is 2. The van der Waals surface area contributed by atoms with Crippen molar-refractivity contribution in [2.75, 3.05) is 14.1 Å². The van der Waals surface area contributed by atoms with E-state index in [1.54, 1.807) is 56.6 Å². The summed E-state index contributed by atoms with van der Waals surface area (Å²) in [7, 11) is 3.17. The van der Waals surface area contributed by atoms with Crippen molar-refractivity contribution in [1.29, 1.82) is 0 Å². The molecule has 3 rings (SSSR count). The van der Waals surface area contributed by atoms with Gasteiger partial charge in [-0.2, -0.15) is 0 Å². The van der Waals surface area contributed by atoms with E-state index in [-0.39, 0.29) is 11.5 Å². The van der Waals surface area contributed by atoms with Gasteiger partial charge in [-0.25, -0.2) is 4.79 Å². The Morgan fingerprint density at radius 1 is 1.17 bits per heavy atom. The highest BCUT2D eigenvalue weighted by atomic mass is 35.5. The number of carbonyl (C=O) groups is 2. The average molecular weight is 344 g/mol. The van der Waals surface area contributed by atoms with Gasteiger partial charge < -0.3 is 14.4 Å². The molecule has 0 radical (unpaired) electrons. The van der Waals surface area contributed by atoms with Gasteiger partial charge in [0, 0.05) is 25.2 Å². The maximum Gasteiger partial charge on any atom is 0.414 e. The van der Waals surface area contributed by atoms with E-state index in [1.807, 2.05) is 0 Å². The maximum absolute atomic E-state index is 12.4. The van der Waals surface area contributed by atoms with Crippen LogP contribution in [-0.2, 0) is 0 Å². The van der Waals surface area contributed by atoms with E-state index in [2.05, 4.69) is 0 Å². The molecular formula is C18H14ClNO4. The fourth-order valence-corrected chi connectivity index (χ4v) is 2.26. The third-order valence-corrected chi connectivity index (χ3v) is 3.63. The smallest absolute Gasteiger partial charge is 0.414 e. The van der Waals surface area contributed by atoms with E-state index < -0.39 is 6.09 Å². The quantitative estimate of drug-likeness (QED) is 0.773. The van der Waals surface area contributed by atoms with Gasteiger partial charge >= 0.3 is 6.09 Å². The molecule has 5 nitrogen and oxygen atoms in total. The largest absolute Gasteiger partial charge is 0.452 e. The molecule has 24 heavy (non-hydrogen) atoms. The van der Waals surface area contributed by atoms with Gasteiger partial charge in [-0.3, -0.25) is 4.79 Å². The van der Waals surface area contributed by atoms with Crippen molar-refractivity contribution in [3.05, 3.63) is 64.4 Å². The van der Waals surface area contributed by atoms with Gasteiger partial charge in [-0.05, 0) is 35.9 Å². The predicted molar refractivity (Wildman–Crippen MR) is 90.5 cm³/mol. The molecule has 0 bridgehead atoms. The minimum atomic E-state index is -0.504. The van der Waals surface area contributed by atoms with E-state index in [4.69, 9.17) is 21.1 Å². The summed E-state index contributed by atoms with van der Waals surface area (Å²) >= 11 is 5.85. The molecule has 6 heteroatoms. The molecule has 0 saturated carbocycles. The topological polar surface area (TPSA) is 55.8 Å². The first-order chi connectivity index (χ1) is 11.4. The van der Waals surface area contributed by atoms with Crippen LogP contribution in [0.3, 0.4) is 0 Å². The van der Waals surface area contributed by atoms with Crippen molar-refractivity contribution in [3.63, 3.8) is 0 Å². The van der Waals surface area contributed by atoms with Crippen molar-refractivity contribution >= 4 is 29.6 Å². The van der Waals surface area contributed by atoms with Crippen LogP contribution >= 0.6 is 11.6 Å². The van der Waals surface area contributed by atoms with Crippen molar-refractivity contribution in [2.24, 2.45) is 0 Å². The van der Waals surface area contributed by atoms with Gasteiger partial charge in [-0.15, -0.1) is 0 Å². The Kier molecular flexibility index (Phi) is 4.27. The van der Waals surface area contributed by atoms with Crippen molar-refractivity contribution < 1.29 is 19.1 Å². The standard InChI is InChI=1S/C18H14ClNO4/c1-20(2)18(22)23-13-7-8-14-15(10-13)24-16(17(14)21)9-11-3-5-12(19)6-4-11/h3-10H,1-2H3/b16-9-. The number of hydrogen-bond acceptors (Lipinski definition) is 4. The first-order valence-electron chi connectivity index (χ1n) is 7.17. The highest BCUT2D eigenvalue weighted by molar-refractivity contribution is 6.30. The number of Topliss-reactive ketones (excluding diaryl/α,β-unsaturated/α-hetero) is 1. The number of allylic oxidation sites excluding steroid dienone is 1. The fourth-order valence-electron chi connectivity index (χ4n) is 2.13. The van der Waals surface area contributed by atoms with Gasteiger partial charge in [0.15, 0.2) is 5.76 Å². The number of amides is 1. The first-order valence-corrected chi connectivity index (χ1v) is 7.55. The monoisotopic (exact) mass is 343 g/mol. The van der Waals surface area contributed by atoms with Gasteiger partial charge in [0.1, 0.15) is 11.5 Å². The summed E-state index contributed by atoms with van der Waals surface area (Å²) in [4.78, 5) is 25.3. The Balaban J connectivity index is 1.84. The van der Waals surface area contributed by atoms with Crippen LogP contribution < -0.4 is 9.47 Å². The lowest BCUT2D eigenvalue weighted by atomic mass is 10.1. The van der Waals surface area contributed by atoms with E-state index in [0.29, 0.717) is 22.1 Å². The molecule has 0 aliphatic carbocycles. The summed E-state index contributed by atoms with van der Waals surface area (Å²) < 4.78 is 10.8. The second kappa shape index (κ2) is 6.37. The summed E-state index contributed by atoms with van der Waals surface area (Å²) in [6.45, 7) is 0. The number of fused-ring (bicyclic) bond motifs is 1. The summed E-state index contributed by atoms with van der Waals surface area (Å²) in [6, 6.07) is 11.7. The van der Waals surface area contributed by atoms with Crippen LogP contribution in [0, 0.1) is 0 Å². The molecule has 0 fully saturated rings. The maximum atomic E-state index is 12.4. The molecule has 0 unspecified atom stereocenters. The van der Waals surface area contributed by atoms with Crippen LogP contribution in [0.25, 0.3) is 6.08 Å². The van der Waals surface area contributed by atoms with Gasteiger partial charge in [-0.1, -0.05) is 23.7 Å². The minimum absolute atomic E-state index is 0.211. The Labute approximate surface area is 144 Å². The first kappa shape index (κ1) is 16.1. The number of hydrogen-bond donors (Lipinski definition) is 0. The van der Waals surface area contributed by atoms with Gasteiger partial charge in [0.05, 0.1) is 5.56 Å². The Bertz CT molecular complexity index is 841. The normalized spacial score (nSPS) is 14.3. The summed E-state index contributed by atoms with van der Waals surface area (Å²) in [5.41, 5.74) is 1.23. The number of nitrogens with zero attached hydrogens (tertiary/aromatic N) is 1. The molecule has 0 atom stereocenters. The van der Waals surface area contributed by atoms with Crippen molar-refractivity contribution in [2.45, 2.75) is 0 Å².